The van der Waals surface area contributed by atoms with Crippen molar-refractivity contribution in [3.05, 3.63) is 152 Å². The van der Waals surface area contributed by atoms with Gasteiger partial charge in [-0.1, -0.05) is 60.7 Å². The van der Waals surface area contributed by atoms with Crippen LogP contribution >= 0.6 is 0 Å². The van der Waals surface area contributed by atoms with E-state index in [1.54, 1.807) is 0 Å². The van der Waals surface area contributed by atoms with E-state index in [1.807, 2.05) is 48.8 Å². The maximum atomic E-state index is 6.12. The third kappa shape index (κ3) is 4.03. The zero-order valence-corrected chi connectivity index (χ0v) is 25.1. The molecule has 4 heterocycles. The van der Waals surface area contributed by atoms with Crippen LogP contribution in [0.2, 0.25) is 0 Å². The second-order valence-electron chi connectivity index (χ2n) is 11.8. The summed E-state index contributed by atoms with van der Waals surface area (Å²) < 4.78 is 12.2. The average Bonchev–Trinajstić information content (AvgIpc) is 3.70. The van der Waals surface area contributed by atoms with Gasteiger partial charge in [0, 0.05) is 40.2 Å². The summed E-state index contributed by atoms with van der Waals surface area (Å²) in [6, 6.07) is 48.7. The van der Waals surface area contributed by atoms with Gasteiger partial charge in [-0.2, -0.15) is 0 Å². The zero-order valence-electron chi connectivity index (χ0n) is 25.1. The molecule has 220 valence electrons. The maximum Gasteiger partial charge on any atom is 0.153 e. The van der Waals surface area contributed by atoms with Gasteiger partial charge in [-0.15, -0.1) is 0 Å². The van der Waals surface area contributed by atoms with Gasteiger partial charge in [-0.3, -0.25) is 9.97 Å². The normalized spacial score (nSPS) is 11.8. The average molecular weight is 604 g/mol. The molecule has 0 aliphatic carbocycles. The van der Waals surface area contributed by atoms with Gasteiger partial charge in [0.1, 0.15) is 22.2 Å². The third-order valence-corrected chi connectivity index (χ3v) is 9.14. The van der Waals surface area contributed by atoms with Crippen molar-refractivity contribution < 1.29 is 8.83 Å². The van der Waals surface area contributed by atoms with E-state index in [0.717, 1.165) is 66.8 Å². The summed E-state index contributed by atoms with van der Waals surface area (Å²) in [5.74, 6) is 0. The number of aromatic nitrogens is 2. The summed E-state index contributed by atoms with van der Waals surface area (Å²) >= 11 is 0. The van der Waals surface area contributed by atoms with Crippen LogP contribution in [-0.4, -0.2) is 9.97 Å². The molecule has 0 aliphatic heterocycles. The SMILES string of the molecule is c1ccc2c(c1)cc(-c1ccc(N(c3ccc4oc5cccnc5c4c3)c3ccc4oc5cccnc5c4c3)cc1)c1ccccc12. The van der Waals surface area contributed by atoms with E-state index in [4.69, 9.17) is 8.83 Å². The van der Waals surface area contributed by atoms with Crippen molar-refractivity contribution in [2.45, 2.75) is 0 Å². The number of rotatable bonds is 4. The molecule has 10 aromatic rings. The number of furan rings is 2. The van der Waals surface area contributed by atoms with Gasteiger partial charge in [0.25, 0.3) is 0 Å². The first-order valence-corrected chi connectivity index (χ1v) is 15.6. The van der Waals surface area contributed by atoms with Gasteiger partial charge in [0.05, 0.1) is 0 Å². The smallest absolute Gasteiger partial charge is 0.153 e. The molecule has 0 amide bonds. The first-order chi connectivity index (χ1) is 23.3. The Bertz CT molecular complexity index is 2700. The van der Waals surface area contributed by atoms with Crippen molar-refractivity contribution in [2.24, 2.45) is 0 Å². The van der Waals surface area contributed by atoms with E-state index >= 15 is 0 Å². The van der Waals surface area contributed by atoms with Crippen LogP contribution in [0.25, 0.3) is 76.8 Å². The van der Waals surface area contributed by atoms with E-state index < -0.39 is 0 Å². The standard InChI is InChI=1S/C42H25N3O2/c1-2-8-31-27(7-1)23-34(33-10-4-3-9-32(31)33)26-13-15-28(16-14-26)45(29-17-19-37-35(24-29)41-39(46-37)11-5-21-43-41)30-18-20-38-36(25-30)42-40(47-38)12-6-22-44-42/h1-25H. The molecule has 0 N–H and O–H groups in total. The molecular weight excluding hydrogens is 578 g/mol. The molecule has 0 spiro atoms. The highest BCUT2D eigenvalue weighted by Gasteiger charge is 2.19. The van der Waals surface area contributed by atoms with Gasteiger partial charge in [0.2, 0.25) is 0 Å². The summed E-state index contributed by atoms with van der Waals surface area (Å²) in [4.78, 5) is 11.6. The first kappa shape index (κ1) is 25.8. The molecule has 0 unspecified atom stereocenters. The molecule has 0 saturated heterocycles. The van der Waals surface area contributed by atoms with Crippen LogP contribution in [0.4, 0.5) is 17.1 Å². The van der Waals surface area contributed by atoms with E-state index in [9.17, 15) is 0 Å². The summed E-state index contributed by atoms with van der Waals surface area (Å²) in [6.07, 6.45) is 3.61. The lowest BCUT2D eigenvalue weighted by molar-refractivity contribution is 0.668. The highest BCUT2D eigenvalue weighted by molar-refractivity contribution is 6.14. The molecule has 6 aromatic carbocycles. The molecule has 0 saturated carbocycles. The topological polar surface area (TPSA) is 55.3 Å². The molecular formula is C42H25N3O2. The fourth-order valence-electron chi connectivity index (χ4n) is 6.98. The lowest BCUT2D eigenvalue weighted by Crippen LogP contribution is -2.09. The number of anilines is 3. The van der Waals surface area contributed by atoms with Gasteiger partial charge in [-0.05, 0) is 112 Å². The quantitative estimate of drug-likeness (QED) is 0.187. The van der Waals surface area contributed by atoms with Crippen molar-refractivity contribution in [2.75, 3.05) is 4.90 Å². The minimum Gasteiger partial charge on any atom is -0.454 e. The summed E-state index contributed by atoms with van der Waals surface area (Å²) in [6.45, 7) is 0. The van der Waals surface area contributed by atoms with Crippen molar-refractivity contribution >= 4 is 82.7 Å². The highest BCUT2D eigenvalue weighted by atomic mass is 16.3. The summed E-state index contributed by atoms with van der Waals surface area (Å²) in [7, 11) is 0. The molecule has 47 heavy (non-hydrogen) atoms. The van der Waals surface area contributed by atoms with Crippen LogP contribution in [-0.2, 0) is 0 Å². The largest absolute Gasteiger partial charge is 0.454 e. The van der Waals surface area contributed by atoms with Crippen molar-refractivity contribution in [1.82, 2.24) is 9.97 Å². The number of hydrogen-bond donors (Lipinski definition) is 0. The minimum atomic E-state index is 0.774. The summed E-state index contributed by atoms with van der Waals surface area (Å²) in [5, 5.41) is 6.94. The number of fused-ring (bicyclic) bond motifs is 9. The lowest BCUT2D eigenvalue weighted by Gasteiger charge is -2.26. The highest BCUT2D eigenvalue weighted by Crippen LogP contribution is 2.42. The van der Waals surface area contributed by atoms with Crippen molar-refractivity contribution in [3.63, 3.8) is 0 Å². The maximum absolute atomic E-state index is 6.12. The third-order valence-electron chi connectivity index (χ3n) is 9.14. The van der Waals surface area contributed by atoms with Crippen molar-refractivity contribution in [3.8, 4) is 11.1 Å². The number of benzene rings is 6. The van der Waals surface area contributed by atoms with Gasteiger partial charge >= 0.3 is 0 Å². The van der Waals surface area contributed by atoms with Crippen molar-refractivity contribution in [1.29, 1.82) is 0 Å². The molecule has 0 radical (unpaired) electrons. The van der Waals surface area contributed by atoms with Crippen LogP contribution in [0, 0.1) is 0 Å². The predicted octanol–water partition coefficient (Wildman–Crippen LogP) is 11.7. The van der Waals surface area contributed by atoms with E-state index in [1.165, 1.54) is 27.1 Å². The Hall–Kier alpha value is -6.46. The minimum absolute atomic E-state index is 0.774. The molecule has 5 heteroatoms. The Morgan fingerprint density at radius 3 is 1.60 bits per heavy atom. The van der Waals surface area contributed by atoms with Crippen LogP contribution in [0.5, 0.6) is 0 Å². The van der Waals surface area contributed by atoms with E-state index in [2.05, 4.69) is 118 Å². The lowest BCUT2D eigenvalue weighted by atomic mass is 9.93. The van der Waals surface area contributed by atoms with Gasteiger partial charge in [0.15, 0.2) is 11.2 Å². The van der Waals surface area contributed by atoms with E-state index in [0.29, 0.717) is 0 Å². The van der Waals surface area contributed by atoms with Gasteiger partial charge in [-0.25, -0.2) is 0 Å². The molecule has 10 rings (SSSR count). The molecule has 5 nitrogen and oxygen atoms in total. The number of pyridine rings is 2. The number of hydrogen-bond acceptors (Lipinski definition) is 5. The number of nitrogens with zero attached hydrogens (tertiary/aromatic N) is 3. The fourth-order valence-corrected chi connectivity index (χ4v) is 6.98. The molecule has 0 aliphatic rings. The second-order valence-corrected chi connectivity index (χ2v) is 11.8. The van der Waals surface area contributed by atoms with Crippen LogP contribution < -0.4 is 4.90 Å². The molecule has 4 aromatic heterocycles. The van der Waals surface area contributed by atoms with Crippen LogP contribution in [0.1, 0.15) is 0 Å². The molecule has 0 atom stereocenters. The van der Waals surface area contributed by atoms with Gasteiger partial charge < -0.3 is 13.7 Å². The molecule has 0 fully saturated rings. The first-order valence-electron chi connectivity index (χ1n) is 15.6. The Balaban J connectivity index is 1.17. The Morgan fingerprint density at radius 1 is 0.404 bits per heavy atom. The fraction of sp³-hybridized carbons (Fsp3) is 0. The zero-order chi connectivity index (χ0) is 30.9. The second kappa shape index (κ2) is 10.0. The van der Waals surface area contributed by atoms with E-state index in [-0.39, 0.29) is 0 Å². The monoisotopic (exact) mass is 603 g/mol. The predicted molar refractivity (Wildman–Crippen MR) is 192 cm³/mol. The molecule has 0 bridgehead atoms. The Kier molecular flexibility index (Phi) is 5.51. The van der Waals surface area contributed by atoms with Crippen LogP contribution in [0.15, 0.2) is 161 Å². The summed E-state index contributed by atoms with van der Waals surface area (Å²) in [5.41, 5.74) is 10.3. The Morgan fingerprint density at radius 2 is 0.957 bits per heavy atom. The Labute approximate surface area is 268 Å². The van der Waals surface area contributed by atoms with Crippen LogP contribution in [0.3, 0.4) is 0 Å².